The van der Waals surface area contributed by atoms with Gasteiger partial charge in [0.15, 0.2) is 22.5 Å². The SMILES string of the molecule is CCn1c(SCc2csc(-c3ccc4c(c3)OCO4)n2)nnc1-c1csc(C)c1C. The summed E-state index contributed by atoms with van der Waals surface area (Å²) in [7, 11) is 0. The Morgan fingerprint density at radius 3 is 2.77 bits per heavy atom. The summed E-state index contributed by atoms with van der Waals surface area (Å²) in [6.45, 7) is 7.54. The van der Waals surface area contributed by atoms with Crippen LogP contribution in [0.3, 0.4) is 0 Å². The van der Waals surface area contributed by atoms with Gasteiger partial charge in [-0.15, -0.1) is 32.9 Å². The molecule has 9 heteroatoms. The van der Waals surface area contributed by atoms with Gasteiger partial charge in [0.25, 0.3) is 0 Å². The molecular weight excluding hydrogens is 436 g/mol. The van der Waals surface area contributed by atoms with Gasteiger partial charge in [-0.2, -0.15) is 0 Å². The zero-order chi connectivity index (χ0) is 20.7. The number of fused-ring (bicyclic) bond motifs is 1. The van der Waals surface area contributed by atoms with Crippen molar-refractivity contribution in [3.63, 3.8) is 0 Å². The van der Waals surface area contributed by atoms with Gasteiger partial charge < -0.3 is 14.0 Å². The second-order valence-electron chi connectivity index (χ2n) is 6.88. The van der Waals surface area contributed by atoms with Crippen LogP contribution in [0.4, 0.5) is 0 Å². The Morgan fingerprint density at radius 2 is 1.97 bits per heavy atom. The van der Waals surface area contributed by atoms with E-state index >= 15 is 0 Å². The van der Waals surface area contributed by atoms with E-state index in [4.69, 9.17) is 14.5 Å². The highest BCUT2D eigenvalue weighted by Crippen LogP contribution is 2.37. The molecule has 6 nitrogen and oxygen atoms in total. The minimum atomic E-state index is 0.281. The monoisotopic (exact) mass is 456 g/mol. The first-order valence-electron chi connectivity index (χ1n) is 9.59. The lowest BCUT2D eigenvalue weighted by molar-refractivity contribution is 0.174. The van der Waals surface area contributed by atoms with Crippen molar-refractivity contribution in [2.75, 3.05) is 6.79 Å². The molecule has 0 N–H and O–H groups in total. The van der Waals surface area contributed by atoms with Crippen LogP contribution in [0, 0.1) is 13.8 Å². The predicted octanol–water partition coefficient (Wildman–Crippen LogP) is 5.79. The number of benzene rings is 1. The molecule has 0 aliphatic carbocycles. The van der Waals surface area contributed by atoms with Gasteiger partial charge in [0, 0.05) is 39.1 Å². The smallest absolute Gasteiger partial charge is 0.231 e. The van der Waals surface area contributed by atoms with Gasteiger partial charge in [0.05, 0.1) is 5.69 Å². The molecule has 3 aromatic heterocycles. The second-order valence-corrected chi connectivity index (χ2v) is 9.77. The second kappa shape index (κ2) is 8.05. The van der Waals surface area contributed by atoms with Crippen LogP contribution in [0.5, 0.6) is 11.5 Å². The van der Waals surface area contributed by atoms with Gasteiger partial charge in [-0.1, -0.05) is 11.8 Å². The summed E-state index contributed by atoms with van der Waals surface area (Å²) in [5, 5.41) is 15.1. The molecule has 0 saturated carbocycles. The minimum Gasteiger partial charge on any atom is -0.454 e. The number of thiophene rings is 1. The maximum atomic E-state index is 5.48. The fourth-order valence-corrected chi connectivity index (χ4v) is 5.97. The molecule has 0 atom stereocenters. The van der Waals surface area contributed by atoms with E-state index in [2.05, 4.69) is 46.3 Å². The van der Waals surface area contributed by atoms with Crippen molar-refractivity contribution < 1.29 is 9.47 Å². The summed E-state index contributed by atoms with van der Waals surface area (Å²) in [5.74, 6) is 3.26. The van der Waals surface area contributed by atoms with Crippen molar-refractivity contribution in [2.24, 2.45) is 0 Å². The average molecular weight is 457 g/mol. The first-order chi connectivity index (χ1) is 14.6. The molecule has 1 aliphatic heterocycles. The predicted molar refractivity (Wildman–Crippen MR) is 122 cm³/mol. The Kier molecular flexibility index (Phi) is 5.26. The standard InChI is InChI=1S/C21H20N4O2S3/c1-4-25-19(16-10-28-13(3)12(16)2)23-24-21(25)30-9-15-8-29-20(22-15)14-5-6-17-18(7-14)27-11-26-17/h5-8,10H,4,9,11H2,1-3H3. The van der Waals surface area contributed by atoms with E-state index in [0.29, 0.717) is 0 Å². The van der Waals surface area contributed by atoms with E-state index in [9.17, 15) is 0 Å². The van der Waals surface area contributed by atoms with Gasteiger partial charge in [-0.25, -0.2) is 4.98 Å². The summed E-state index contributed by atoms with van der Waals surface area (Å²) in [4.78, 5) is 6.13. The zero-order valence-electron chi connectivity index (χ0n) is 16.8. The Morgan fingerprint density at radius 1 is 1.10 bits per heavy atom. The third-order valence-corrected chi connectivity index (χ3v) is 8.03. The highest BCUT2D eigenvalue weighted by molar-refractivity contribution is 7.98. The van der Waals surface area contributed by atoms with Crippen LogP contribution < -0.4 is 9.47 Å². The average Bonchev–Trinajstić information content (AvgIpc) is 3.53. The molecule has 0 fully saturated rings. The quantitative estimate of drug-likeness (QED) is 0.342. The molecular formula is C21H20N4O2S3. The molecule has 0 saturated heterocycles. The molecule has 1 aromatic carbocycles. The summed E-state index contributed by atoms with van der Waals surface area (Å²) in [6, 6.07) is 5.95. The summed E-state index contributed by atoms with van der Waals surface area (Å²) in [6.07, 6.45) is 0. The number of ether oxygens (including phenoxy) is 2. The van der Waals surface area contributed by atoms with Crippen LogP contribution in [-0.4, -0.2) is 26.5 Å². The number of thiazole rings is 1. The summed E-state index contributed by atoms with van der Waals surface area (Å²) in [5.41, 5.74) is 4.54. The minimum absolute atomic E-state index is 0.281. The van der Waals surface area contributed by atoms with Crippen LogP contribution >= 0.6 is 34.4 Å². The first kappa shape index (κ1) is 19.6. The third kappa shape index (κ3) is 3.51. The van der Waals surface area contributed by atoms with E-state index in [1.165, 1.54) is 16.0 Å². The number of hydrogen-bond acceptors (Lipinski definition) is 8. The van der Waals surface area contributed by atoms with Crippen molar-refractivity contribution in [3.05, 3.63) is 45.1 Å². The summed E-state index contributed by atoms with van der Waals surface area (Å²) < 4.78 is 13.1. The molecule has 0 bridgehead atoms. The molecule has 0 unspecified atom stereocenters. The lowest BCUT2D eigenvalue weighted by atomic mass is 10.1. The summed E-state index contributed by atoms with van der Waals surface area (Å²) >= 11 is 5.07. The molecule has 1 aliphatic rings. The van der Waals surface area contributed by atoms with Gasteiger partial charge in [0.2, 0.25) is 6.79 Å². The van der Waals surface area contributed by atoms with Gasteiger partial charge in [-0.3, -0.25) is 0 Å². The van der Waals surface area contributed by atoms with Crippen molar-refractivity contribution >= 4 is 34.4 Å². The Bertz CT molecular complexity index is 1210. The molecule has 0 radical (unpaired) electrons. The van der Waals surface area contributed by atoms with E-state index in [1.54, 1.807) is 34.4 Å². The highest BCUT2D eigenvalue weighted by Gasteiger charge is 2.18. The van der Waals surface area contributed by atoms with Crippen molar-refractivity contribution in [2.45, 2.75) is 38.2 Å². The van der Waals surface area contributed by atoms with E-state index in [1.807, 2.05) is 18.2 Å². The Labute approximate surface area is 186 Å². The topological polar surface area (TPSA) is 62.1 Å². The lowest BCUT2D eigenvalue weighted by Crippen LogP contribution is -2.00. The Balaban J connectivity index is 1.33. The Hall–Kier alpha value is -2.36. The maximum Gasteiger partial charge on any atom is 0.231 e. The number of aryl methyl sites for hydroxylation is 1. The number of thioether (sulfide) groups is 1. The lowest BCUT2D eigenvalue weighted by Gasteiger charge is -2.06. The fourth-order valence-electron chi connectivity index (χ4n) is 3.29. The number of aromatic nitrogens is 4. The first-order valence-corrected chi connectivity index (χ1v) is 12.3. The molecule has 0 spiro atoms. The fraction of sp³-hybridized carbons (Fsp3) is 0.286. The van der Waals surface area contributed by atoms with Crippen LogP contribution in [-0.2, 0) is 12.3 Å². The van der Waals surface area contributed by atoms with E-state index < -0.39 is 0 Å². The van der Waals surface area contributed by atoms with Crippen molar-refractivity contribution in [1.29, 1.82) is 0 Å². The molecule has 4 aromatic rings. The zero-order valence-corrected chi connectivity index (χ0v) is 19.3. The third-order valence-electron chi connectivity index (χ3n) is 5.08. The maximum absolute atomic E-state index is 5.48. The van der Waals surface area contributed by atoms with Crippen molar-refractivity contribution in [1.82, 2.24) is 19.7 Å². The highest BCUT2D eigenvalue weighted by atomic mass is 32.2. The molecule has 30 heavy (non-hydrogen) atoms. The molecule has 154 valence electrons. The van der Waals surface area contributed by atoms with Crippen LogP contribution in [0.1, 0.15) is 23.1 Å². The largest absolute Gasteiger partial charge is 0.454 e. The molecule has 5 rings (SSSR count). The number of nitrogens with zero attached hydrogens (tertiary/aromatic N) is 4. The number of hydrogen-bond donors (Lipinski definition) is 0. The molecule has 0 amide bonds. The van der Waals surface area contributed by atoms with Gasteiger partial charge >= 0.3 is 0 Å². The van der Waals surface area contributed by atoms with Crippen molar-refractivity contribution in [3.8, 4) is 33.5 Å². The van der Waals surface area contributed by atoms with E-state index in [-0.39, 0.29) is 6.79 Å². The van der Waals surface area contributed by atoms with Gasteiger partial charge in [-0.05, 0) is 44.5 Å². The molecule has 4 heterocycles. The number of rotatable bonds is 6. The normalized spacial score (nSPS) is 12.6. The van der Waals surface area contributed by atoms with Gasteiger partial charge in [0.1, 0.15) is 5.01 Å². The van der Waals surface area contributed by atoms with Crippen LogP contribution in [0.25, 0.3) is 22.0 Å². The van der Waals surface area contributed by atoms with Crippen LogP contribution in [0.15, 0.2) is 34.1 Å². The van der Waals surface area contributed by atoms with E-state index in [0.717, 1.165) is 51.0 Å². The van der Waals surface area contributed by atoms with Crippen LogP contribution in [0.2, 0.25) is 0 Å².